The molecule has 2 fully saturated rings. The number of nitrogens with zero attached hydrogens (tertiary/aromatic N) is 3. The molecule has 19 heavy (non-hydrogen) atoms. The van der Waals surface area contributed by atoms with Crippen LogP contribution < -0.4 is 0 Å². The van der Waals surface area contributed by atoms with Gasteiger partial charge in [-0.15, -0.1) is 0 Å². The molecule has 4 nitrogen and oxygen atoms in total. The van der Waals surface area contributed by atoms with Gasteiger partial charge in [0.15, 0.2) is 0 Å². The summed E-state index contributed by atoms with van der Waals surface area (Å²) in [5, 5.41) is 12.9. The Morgan fingerprint density at radius 2 is 2.16 bits per heavy atom. The molecule has 1 aromatic rings. The van der Waals surface area contributed by atoms with Crippen LogP contribution >= 0.6 is 0 Å². The van der Waals surface area contributed by atoms with Crippen molar-refractivity contribution in [3.05, 3.63) is 30.1 Å². The third kappa shape index (κ3) is 2.25. The number of hydrogen-bond donors (Lipinski definition) is 1. The van der Waals surface area contributed by atoms with Gasteiger partial charge in [-0.25, -0.2) is 0 Å². The Labute approximate surface area is 114 Å². The minimum Gasteiger partial charge on any atom is -0.411 e. The number of hydrogen-bond acceptors (Lipinski definition) is 4. The molecular weight excluding hydrogens is 238 g/mol. The summed E-state index contributed by atoms with van der Waals surface area (Å²) in [6.07, 6.45) is 7.36. The molecule has 0 spiro atoms. The molecular formula is C15H21N3O. The topological polar surface area (TPSA) is 48.7 Å². The van der Waals surface area contributed by atoms with Crippen molar-refractivity contribution in [2.24, 2.45) is 17.0 Å². The van der Waals surface area contributed by atoms with E-state index in [1.54, 1.807) is 0 Å². The molecule has 0 aliphatic heterocycles. The van der Waals surface area contributed by atoms with E-state index in [1.807, 2.05) is 12.4 Å². The van der Waals surface area contributed by atoms with E-state index < -0.39 is 0 Å². The maximum absolute atomic E-state index is 9.32. The summed E-state index contributed by atoms with van der Waals surface area (Å²) < 4.78 is 0. The fourth-order valence-corrected chi connectivity index (χ4v) is 3.81. The Hall–Kier alpha value is -1.42. The van der Waals surface area contributed by atoms with Gasteiger partial charge >= 0.3 is 0 Å². The van der Waals surface area contributed by atoms with Gasteiger partial charge in [0, 0.05) is 24.9 Å². The second-order valence-corrected chi connectivity index (χ2v) is 5.66. The van der Waals surface area contributed by atoms with E-state index in [4.69, 9.17) is 0 Å². The highest BCUT2D eigenvalue weighted by molar-refractivity contribution is 5.94. The van der Waals surface area contributed by atoms with Gasteiger partial charge in [-0.3, -0.25) is 9.88 Å². The molecule has 3 atom stereocenters. The second-order valence-electron chi connectivity index (χ2n) is 5.66. The average molecular weight is 259 g/mol. The minimum atomic E-state index is 0.335. The van der Waals surface area contributed by atoms with Gasteiger partial charge in [-0.1, -0.05) is 12.1 Å². The van der Waals surface area contributed by atoms with E-state index in [-0.39, 0.29) is 0 Å². The zero-order valence-electron chi connectivity index (χ0n) is 11.4. The Morgan fingerprint density at radius 1 is 1.37 bits per heavy atom. The van der Waals surface area contributed by atoms with E-state index in [2.05, 4.69) is 34.1 Å². The smallest absolute Gasteiger partial charge is 0.0775 e. The van der Waals surface area contributed by atoms with Gasteiger partial charge < -0.3 is 5.21 Å². The zero-order valence-corrected chi connectivity index (χ0v) is 11.4. The molecule has 2 bridgehead atoms. The molecule has 0 amide bonds. The third-order valence-electron chi connectivity index (χ3n) is 4.69. The summed E-state index contributed by atoms with van der Waals surface area (Å²) in [5.74, 6) is 1.20. The standard InChI is InChI=1S/C15H21N3O/c1-2-18(10-11-5-7-16-8-6-11)15-13-4-3-12(9-13)14(15)17-19/h5-8,12-13,15,19H,2-4,9-10H2,1H3/b17-14-. The van der Waals surface area contributed by atoms with Crippen molar-refractivity contribution in [1.82, 2.24) is 9.88 Å². The Balaban J connectivity index is 1.79. The maximum Gasteiger partial charge on any atom is 0.0775 e. The first-order chi connectivity index (χ1) is 9.33. The fourth-order valence-electron chi connectivity index (χ4n) is 3.81. The maximum atomic E-state index is 9.32. The molecule has 1 heterocycles. The van der Waals surface area contributed by atoms with Crippen LogP contribution in [0.5, 0.6) is 0 Å². The monoisotopic (exact) mass is 259 g/mol. The minimum absolute atomic E-state index is 0.335. The van der Waals surface area contributed by atoms with Crippen molar-refractivity contribution < 1.29 is 5.21 Å². The normalized spacial score (nSPS) is 31.5. The SMILES string of the molecule is CCN(Cc1ccncc1)C1/C(=N\O)C2CCC1C2. The highest BCUT2D eigenvalue weighted by atomic mass is 16.4. The summed E-state index contributed by atoms with van der Waals surface area (Å²) in [6.45, 7) is 4.07. The third-order valence-corrected chi connectivity index (χ3v) is 4.69. The van der Waals surface area contributed by atoms with Crippen LogP contribution in [0.1, 0.15) is 31.7 Å². The lowest BCUT2D eigenvalue weighted by Crippen LogP contribution is -2.44. The molecule has 3 unspecified atom stereocenters. The molecule has 4 heteroatoms. The molecule has 3 rings (SSSR count). The van der Waals surface area contributed by atoms with Gasteiger partial charge in [-0.2, -0.15) is 0 Å². The predicted molar refractivity (Wildman–Crippen MR) is 74.2 cm³/mol. The van der Waals surface area contributed by atoms with Crippen LogP contribution in [0.15, 0.2) is 29.7 Å². The first-order valence-electron chi connectivity index (χ1n) is 7.18. The zero-order chi connectivity index (χ0) is 13.2. The van der Waals surface area contributed by atoms with Crippen LogP contribution in [0.3, 0.4) is 0 Å². The van der Waals surface area contributed by atoms with Crippen LogP contribution in [0.2, 0.25) is 0 Å². The molecule has 2 saturated carbocycles. The Morgan fingerprint density at radius 3 is 2.84 bits per heavy atom. The molecule has 0 radical (unpaired) electrons. The summed E-state index contributed by atoms with van der Waals surface area (Å²) in [7, 11) is 0. The summed E-state index contributed by atoms with van der Waals surface area (Å²) in [6, 6.07) is 4.46. The molecule has 0 saturated heterocycles. The molecule has 2 aliphatic carbocycles. The van der Waals surface area contributed by atoms with Crippen molar-refractivity contribution in [1.29, 1.82) is 0 Å². The van der Waals surface area contributed by atoms with Crippen molar-refractivity contribution in [2.45, 2.75) is 38.8 Å². The first-order valence-corrected chi connectivity index (χ1v) is 7.18. The lowest BCUT2D eigenvalue weighted by molar-refractivity contribution is 0.192. The van der Waals surface area contributed by atoms with Crippen LogP contribution in [0.4, 0.5) is 0 Å². The fraction of sp³-hybridized carbons (Fsp3) is 0.600. The van der Waals surface area contributed by atoms with Crippen molar-refractivity contribution in [3.8, 4) is 0 Å². The molecule has 1 aromatic heterocycles. The lowest BCUT2D eigenvalue weighted by atomic mass is 9.91. The van der Waals surface area contributed by atoms with Gasteiger partial charge in [0.25, 0.3) is 0 Å². The first kappa shape index (κ1) is 12.6. The number of aromatic nitrogens is 1. The van der Waals surface area contributed by atoms with E-state index in [0.717, 1.165) is 18.8 Å². The van der Waals surface area contributed by atoms with E-state index in [1.165, 1.54) is 24.8 Å². The summed E-state index contributed by atoms with van der Waals surface area (Å²) >= 11 is 0. The number of fused-ring (bicyclic) bond motifs is 2. The van der Waals surface area contributed by atoms with E-state index in [0.29, 0.717) is 17.9 Å². The molecule has 102 valence electrons. The van der Waals surface area contributed by atoms with Crippen molar-refractivity contribution in [2.75, 3.05) is 6.54 Å². The highest BCUT2D eigenvalue weighted by Gasteiger charge is 2.47. The molecule has 0 aromatic carbocycles. The largest absolute Gasteiger partial charge is 0.411 e. The second kappa shape index (κ2) is 5.29. The highest BCUT2D eigenvalue weighted by Crippen LogP contribution is 2.45. The average Bonchev–Trinajstić information content (AvgIpc) is 3.06. The summed E-state index contributed by atoms with van der Waals surface area (Å²) in [4.78, 5) is 6.50. The number of oxime groups is 1. The van der Waals surface area contributed by atoms with Crippen LogP contribution in [0.25, 0.3) is 0 Å². The molecule has 1 N–H and O–H groups in total. The Kier molecular flexibility index (Phi) is 3.51. The van der Waals surface area contributed by atoms with Gasteiger partial charge in [0.1, 0.15) is 0 Å². The van der Waals surface area contributed by atoms with Gasteiger partial charge in [-0.05, 0) is 49.4 Å². The molecule has 2 aliphatic rings. The number of pyridine rings is 1. The predicted octanol–water partition coefficient (Wildman–Crippen LogP) is 2.53. The quantitative estimate of drug-likeness (QED) is 0.667. The van der Waals surface area contributed by atoms with Crippen molar-refractivity contribution in [3.63, 3.8) is 0 Å². The Bertz CT molecular complexity index is 460. The van der Waals surface area contributed by atoms with Crippen LogP contribution in [0, 0.1) is 11.8 Å². The van der Waals surface area contributed by atoms with Gasteiger partial charge in [0.2, 0.25) is 0 Å². The van der Waals surface area contributed by atoms with Crippen LogP contribution in [-0.2, 0) is 6.54 Å². The number of rotatable bonds is 4. The van der Waals surface area contributed by atoms with Gasteiger partial charge in [0.05, 0.1) is 11.8 Å². The van der Waals surface area contributed by atoms with Crippen LogP contribution in [-0.4, -0.2) is 33.4 Å². The lowest BCUT2D eigenvalue weighted by Gasteiger charge is -2.34. The summed E-state index contributed by atoms with van der Waals surface area (Å²) in [5.41, 5.74) is 2.30. The van der Waals surface area contributed by atoms with E-state index in [9.17, 15) is 5.21 Å². The van der Waals surface area contributed by atoms with Crippen molar-refractivity contribution >= 4 is 5.71 Å². The van der Waals surface area contributed by atoms with E-state index >= 15 is 0 Å².